The van der Waals surface area contributed by atoms with E-state index in [2.05, 4.69) is 12.2 Å². The van der Waals surface area contributed by atoms with Crippen LogP contribution in [0.5, 0.6) is 5.75 Å². The summed E-state index contributed by atoms with van der Waals surface area (Å²) in [6.45, 7) is 2.07. The van der Waals surface area contributed by atoms with Crippen molar-refractivity contribution >= 4 is 5.91 Å². The lowest BCUT2D eigenvalue weighted by Gasteiger charge is -2.31. The van der Waals surface area contributed by atoms with Crippen LogP contribution < -0.4 is 10.1 Å². The number of nitrogens with one attached hydrogen (secondary N) is 1. The highest BCUT2D eigenvalue weighted by Gasteiger charge is 2.44. The zero-order valence-corrected chi connectivity index (χ0v) is 13.0. The molecular formula is C17H24N2O2. The Bertz CT molecular complexity index is 531. The lowest BCUT2D eigenvalue weighted by molar-refractivity contribution is -0.136. The van der Waals surface area contributed by atoms with Gasteiger partial charge in [0.15, 0.2) is 0 Å². The molecule has 4 heteroatoms. The first kappa shape index (κ1) is 14.4. The van der Waals surface area contributed by atoms with E-state index in [1.54, 1.807) is 7.11 Å². The molecule has 1 N–H and O–H groups in total. The van der Waals surface area contributed by atoms with Crippen LogP contribution in [-0.4, -0.2) is 37.0 Å². The molecule has 1 aromatic rings. The molecule has 0 radical (unpaired) electrons. The van der Waals surface area contributed by atoms with Crippen molar-refractivity contribution in [3.05, 3.63) is 29.8 Å². The molecule has 1 amide bonds. The average molecular weight is 288 g/mol. The molecule has 2 aliphatic heterocycles. The lowest BCUT2D eigenvalue weighted by Crippen LogP contribution is -2.40. The highest BCUT2D eigenvalue weighted by molar-refractivity contribution is 5.80. The molecule has 0 saturated carbocycles. The smallest absolute Gasteiger partial charge is 0.227 e. The summed E-state index contributed by atoms with van der Waals surface area (Å²) in [4.78, 5) is 14.7. The van der Waals surface area contributed by atoms with Crippen molar-refractivity contribution in [3.63, 3.8) is 0 Å². The van der Waals surface area contributed by atoms with Crippen LogP contribution in [0.15, 0.2) is 24.3 Å². The standard InChI is InChI=1S/C17H24N2O2/c1-11(13-6-4-5-7-16(13)21-3)19(2)17(20)14-10-12-8-9-15(14)18-12/h4-7,11-12,14-15,18H,8-10H2,1-3H3. The molecule has 4 atom stereocenters. The molecule has 2 saturated heterocycles. The molecule has 3 rings (SSSR count). The third-order valence-corrected chi connectivity index (χ3v) is 5.13. The number of para-hydroxylation sites is 1. The number of carbonyl (C=O) groups is 1. The number of methoxy groups -OCH3 is 1. The fourth-order valence-electron chi connectivity index (χ4n) is 3.77. The van der Waals surface area contributed by atoms with E-state index in [1.807, 2.05) is 36.2 Å². The summed E-state index contributed by atoms with van der Waals surface area (Å²) in [5.74, 6) is 1.25. The molecule has 21 heavy (non-hydrogen) atoms. The van der Waals surface area contributed by atoms with Crippen molar-refractivity contribution in [2.45, 2.75) is 44.3 Å². The summed E-state index contributed by atoms with van der Waals surface area (Å²) >= 11 is 0. The Morgan fingerprint density at radius 1 is 1.38 bits per heavy atom. The predicted molar refractivity (Wildman–Crippen MR) is 82.2 cm³/mol. The maximum absolute atomic E-state index is 12.8. The van der Waals surface area contributed by atoms with Gasteiger partial charge in [-0.2, -0.15) is 0 Å². The number of carbonyl (C=O) groups excluding carboxylic acids is 1. The summed E-state index contributed by atoms with van der Waals surface area (Å²) in [7, 11) is 3.58. The highest BCUT2D eigenvalue weighted by atomic mass is 16.5. The quantitative estimate of drug-likeness (QED) is 0.924. The SMILES string of the molecule is COc1ccccc1C(C)N(C)C(=O)C1CC2CCC1N2. The van der Waals surface area contributed by atoms with E-state index in [0.29, 0.717) is 12.1 Å². The minimum absolute atomic E-state index is 0.0211. The number of rotatable bonds is 4. The molecule has 114 valence electrons. The van der Waals surface area contributed by atoms with Gasteiger partial charge in [0.25, 0.3) is 0 Å². The molecule has 0 aromatic heterocycles. The van der Waals surface area contributed by atoms with Crippen molar-refractivity contribution in [2.75, 3.05) is 14.2 Å². The van der Waals surface area contributed by atoms with Crippen molar-refractivity contribution < 1.29 is 9.53 Å². The van der Waals surface area contributed by atoms with Gasteiger partial charge in [0.2, 0.25) is 5.91 Å². The molecule has 2 aliphatic rings. The van der Waals surface area contributed by atoms with Gasteiger partial charge in [-0.3, -0.25) is 4.79 Å². The second kappa shape index (κ2) is 5.68. The van der Waals surface area contributed by atoms with E-state index in [1.165, 1.54) is 6.42 Å². The fraction of sp³-hybridized carbons (Fsp3) is 0.588. The fourth-order valence-corrected chi connectivity index (χ4v) is 3.77. The number of amides is 1. The Kier molecular flexibility index (Phi) is 3.89. The maximum atomic E-state index is 12.8. The number of hydrogen-bond acceptors (Lipinski definition) is 3. The average Bonchev–Trinajstić information content (AvgIpc) is 3.15. The Balaban J connectivity index is 1.75. The molecule has 0 aliphatic carbocycles. The maximum Gasteiger partial charge on any atom is 0.227 e. The first-order chi connectivity index (χ1) is 10.1. The van der Waals surface area contributed by atoms with Gasteiger partial charge >= 0.3 is 0 Å². The number of nitrogens with zero attached hydrogens (tertiary/aromatic N) is 1. The summed E-state index contributed by atoms with van der Waals surface area (Å²) in [6, 6.07) is 8.89. The van der Waals surface area contributed by atoms with Crippen LogP contribution in [0.25, 0.3) is 0 Å². The third-order valence-electron chi connectivity index (χ3n) is 5.13. The van der Waals surface area contributed by atoms with E-state index in [0.717, 1.165) is 24.2 Å². The Morgan fingerprint density at radius 2 is 2.14 bits per heavy atom. The predicted octanol–water partition coefficient (Wildman–Crippen LogP) is 2.36. The molecule has 4 unspecified atom stereocenters. The van der Waals surface area contributed by atoms with E-state index in [-0.39, 0.29) is 17.9 Å². The van der Waals surface area contributed by atoms with Gasteiger partial charge < -0.3 is 15.0 Å². The lowest BCUT2D eigenvalue weighted by atomic mass is 9.87. The first-order valence-corrected chi connectivity index (χ1v) is 7.77. The largest absolute Gasteiger partial charge is 0.496 e. The van der Waals surface area contributed by atoms with E-state index >= 15 is 0 Å². The van der Waals surface area contributed by atoms with Crippen molar-refractivity contribution in [2.24, 2.45) is 5.92 Å². The monoisotopic (exact) mass is 288 g/mol. The van der Waals surface area contributed by atoms with Crippen LogP contribution in [-0.2, 0) is 4.79 Å². The minimum Gasteiger partial charge on any atom is -0.496 e. The van der Waals surface area contributed by atoms with E-state index in [4.69, 9.17) is 4.74 Å². The first-order valence-electron chi connectivity index (χ1n) is 7.77. The second-order valence-electron chi connectivity index (χ2n) is 6.26. The number of hydrogen-bond donors (Lipinski definition) is 1. The molecule has 4 nitrogen and oxygen atoms in total. The molecule has 2 heterocycles. The van der Waals surface area contributed by atoms with Crippen molar-refractivity contribution in [1.82, 2.24) is 10.2 Å². The zero-order chi connectivity index (χ0) is 15.0. The van der Waals surface area contributed by atoms with Crippen molar-refractivity contribution in [3.8, 4) is 5.75 Å². The third kappa shape index (κ3) is 2.53. The number of benzene rings is 1. The van der Waals surface area contributed by atoms with Crippen LogP contribution in [0.3, 0.4) is 0 Å². The van der Waals surface area contributed by atoms with E-state index < -0.39 is 0 Å². The molecule has 2 fully saturated rings. The van der Waals surface area contributed by atoms with Gasteiger partial charge in [-0.25, -0.2) is 0 Å². The summed E-state index contributed by atoms with van der Waals surface area (Å²) in [6.07, 6.45) is 3.35. The zero-order valence-electron chi connectivity index (χ0n) is 13.0. The van der Waals surface area contributed by atoms with Crippen LogP contribution in [0.2, 0.25) is 0 Å². The van der Waals surface area contributed by atoms with Crippen molar-refractivity contribution in [1.29, 1.82) is 0 Å². The van der Waals surface area contributed by atoms with Crippen LogP contribution in [0.1, 0.15) is 37.8 Å². The summed E-state index contributed by atoms with van der Waals surface area (Å²) in [5.41, 5.74) is 1.06. The normalized spacial score (nSPS) is 28.4. The Hall–Kier alpha value is -1.55. The minimum atomic E-state index is 0.0211. The van der Waals surface area contributed by atoms with Gasteiger partial charge in [0.05, 0.1) is 19.1 Å². The van der Waals surface area contributed by atoms with E-state index in [9.17, 15) is 4.79 Å². The topological polar surface area (TPSA) is 41.6 Å². The number of ether oxygens (including phenoxy) is 1. The number of fused-ring (bicyclic) bond motifs is 2. The molecule has 0 spiro atoms. The molecular weight excluding hydrogens is 264 g/mol. The van der Waals surface area contributed by atoms with Gasteiger partial charge in [0, 0.05) is 24.7 Å². The summed E-state index contributed by atoms with van der Waals surface area (Å²) in [5, 5.41) is 3.54. The van der Waals surface area contributed by atoms with Crippen LogP contribution in [0.4, 0.5) is 0 Å². The van der Waals surface area contributed by atoms with Gasteiger partial charge in [-0.15, -0.1) is 0 Å². The van der Waals surface area contributed by atoms with Crippen LogP contribution in [0, 0.1) is 5.92 Å². The Morgan fingerprint density at radius 3 is 2.76 bits per heavy atom. The highest BCUT2D eigenvalue weighted by Crippen LogP contribution is 2.36. The van der Waals surface area contributed by atoms with Gasteiger partial charge in [0.1, 0.15) is 5.75 Å². The van der Waals surface area contributed by atoms with Crippen LogP contribution >= 0.6 is 0 Å². The summed E-state index contributed by atoms with van der Waals surface area (Å²) < 4.78 is 5.42. The Labute approximate surface area is 126 Å². The molecule has 2 bridgehead atoms. The second-order valence-corrected chi connectivity index (χ2v) is 6.26. The van der Waals surface area contributed by atoms with Gasteiger partial charge in [-0.05, 0) is 32.3 Å². The molecule has 1 aromatic carbocycles. The van der Waals surface area contributed by atoms with Gasteiger partial charge in [-0.1, -0.05) is 18.2 Å².